The Hall–Kier alpha value is -0.640. The fraction of sp³-hybridized carbons (Fsp3) is 0.857. The van der Waals surface area contributed by atoms with Gasteiger partial charge in [-0.05, 0) is 36.9 Å². The van der Waals surface area contributed by atoms with Gasteiger partial charge in [0.2, 0.25) is 0 Å². The van der Waals surface area contributed by atoms with Crippen LogP contribution in [0.25, 0.3) is 0 Å². The van der Waals surface area contributed by atoms with Gasteiger partial charge in [-0.3, -0.25) is 5.10 Å². The summed E-state index contributed by atoms with van der Waals surface area (Å²) < 4.78 is 3.03. The first-order chi connectivity index (χ1) is 8.53. The highest BCUT2D eigenvalue weighted by Gasteiger charge is 2.30. The molecule has 1 fully saturated rings. The van der Waals surface area contributed by atoms with E-state index in [0.717, 1.165) is 11.3 Å². The lowest BCUT2D eigenvalue weighted by molar-refractivity contribution is 0.266. The molecule has 1 saturated carbocycles. The summed E-state index contributed by atoms with van der Waals surface area (Å²) in [6, 6.07) is 0. The normalized spacial score (nSPS) is 16.2. The average molecular weight is 267 g/mol. The second-order valence-corrected chi connectivity index (χ2v) is 6.76. The molecule has 0 bridgehead atoms. The molecule has 18 heavy (non-hydrogen) atoms. The minimum atomic E-state index is 0.306. The molecule has 1 aliphatic carbocycles. The molecular formula is C14H25N3S. The number of nitrogens with zero attached hydrogens (tertiary/aromatic N) is 2. The van der Waals surface area contributed by atoms with E-state index in [1.807, 2.05) is 0 Å². The lowest BCUT2D eigenvalue weighted by Crippen LogP contribution is -2.21. The fourth-order valence-electron chi connectivity index (χ4n) is 2.50. The molecule has 0 spiro atoms. The molecule has 0 aliphatic heterocycles. The van der Waals surface area contributed by atoms with Crippen molar-refractivity contribution in [2.75, 3.05) is 0 Å². The van der Waals surface area contributed by atoms with E-state index in [0.29, 0.717) is 11.3 Å². The highest BCUT2D eigenvalue weighted by Crippen LogP contribution is 2.39. The van der Waals surface area contributed by atoms with Crippen molar-refractivity contribution in [3.05, 3.63) is 10.6 Å². The number of aromatic nitrogens is 3. The Kier molecular flexibility index (Phi) is 4.25. The number of unbranched alkanes of at least 4 members (excludes halogenated alkanes) is 2. The van der Waals surface area contributed by atoms with Gasteiger partial charge in [-0.1, -0.05) is 40.0 Å². The monoisotopic (exact) mass is 267 g/mol. The lowest BCUT2D eigenvalue weighted by atomic mass is 9.86. The van der Waals surface area contributed by atoms with E-state index in [1.165, 1.54) is 44.3 Å². The Morgan fingerprint density at radius 3 is 2.72 bits per heavy atom. The SMILES string of the molecule is CCCCCC(C)(C)Cn1c(C2CC2)n[nH]c1=S. The van der Waals surface area contributed by atoms with Gasteiger partial charge >= 0.3 is 0 Å². The first kappa shape index (κ1) is 13.8. The predicted octanol–water partition coefficient (Wildman–Crippen LogP) is 4.42. The van der Waals surface area contributed by atoms with E-state index in [4.69, 9.17) is 12.2 Å². The van der Waals surface area contributed by atoms with Crippen LogP contribution in [0.15, 0.2) is 0 Å². The van der Waals surface area contributed by atoms with Crippen LogP contribution < -0.4 is 0 Å². The summed E-state index contributed by atoms with van der Waals surface area (Å²) in [7, 11) is 0. The van der Waals surface area contributed by atoms with Gasteiger partial charge in [0, 0.05) is 12.5 Å². The summed E-state index contributed by atoms with van der Waals surface area (Å²) in [6.07, 6.45) is 7.74. The molecule has 1 aromatic heterocycles. The number of hydrogen-bond donors (Lipinski definition) is 1. The van der Waals surface area contributed by atoms with E-state index < -0.39 is 0 Å². The predicted molar refractivity (Wildman–Crippen MR) is 77.3 cm³/mol. The molecule has 1 heterocycles. The van der Waals surface area contributed by atoms with Crippen molar-refractivity contribution in [3.63, 3.8) is 0 Å². The maximum atomic E-state index is 5.37. The molecule has 0 radical (unpaired) electrons. The highest BCUT2D eigenvalue weighted by molar-refractivity contribution is 7.71. The maximum absolute atomic E-state index is 5.37. The van der Waals surface area contributed by atoms with Crippen molar-refractivity contribution in [2.45, 2.75) is 71.8 Å². The summed E-state index contributed by atoms with van der Waals surface area (Å²) in [5, 5.41) is 7.37. The number of rotatable bonds is 7. The quantitative estimate of drug-likeness (QED) is 0.586. The van der Waals surface area contributed by atoms with Gasteiger partial charge in [0.15, 0.2) is 4.77 Å². The third-order valence-electron chi connectivity index (χ3n) is 3.77. The molecule has 0 aromatic carbocycles. The Morgan fingerprint density at radius 2 is 2.11 bits per heavy atom. The number of nitrogens with one attached hydrogen (secondary N) is 1. The molecule has 1 N–H and O–H groups in total. The molecule has 0 saturated heterocycles. The summed E-state index contributed by atoms with van der Waals surface area (Å²) in [5.74, 6) is 1.84. The van der Waals surface area contributed by atoms with Gasteiger partial charge < -0.3 is 4.57 Å². The second kappa shape index (κ2) is 5.55. The zero-order valence-electron chi connectivity index (χ0n) is 11.8. The molecule has 2 rings (SSSR count). The Labute approximate surface area is 115 Å². The standard InChI is InChI=1S/C14H25N3S/c1-4-5-6-9-14(2,3)10-17-12(11-7-8-11)15-16-13(17)18/h11H,4-10H2,1-3H3,(H,16,18). The zero-order valence-corrected chi connectivity index (χ0v) is 12.6. The van der Waals surface area contributed by atoms with E-state index >= 15 is 0 Å². The minimum Gasteiger partial charge on any atom is -0.303 e. The van der Waals surface area contributed by atoms with E-state index in [9.17, 15) is 0 Å². The Morgan fingerprint density at radius 1 is 1.39 bits per heavy atom. The van der Waals surface area contributed by atoms with Gasteiger partial charge in [0.1, 0.15) is 5.82 Å². The van der Waals surface area contributed by atoms with Crippen LogP contribution in [0.2, 0.25) is 0 Å². The molecule has 0 unspecified atom stereocenters. The van der Waals surface area contributed by atoms with Crippen molar-refractivity contribution in [3.8, 4) is 0 Å². The molecular weight excluding hydrogens is 242 g/mol. The van der Waals surface area contributed by atoms with Crippen LogP contribution in [-0.2, 0) is 6.54 Å². The average Bonchev–Trinajstić information content (AvgIpc) is 3.07. The van der Waals surface area contributed by atoms with Crippen molar-refractivity contribution in [2.24, 2.45) is 5.41 Å². The first-order valence-corrected chi connectivity index (χ1v) is 7.59. The molecule has 0 amide bonds. The van der Waals surface area contributed by atoms with Crippen molar-refractivity contribution in [1.29, 1.82) is 0 Å². The molecule has 1 aromatic rings. The molecule has 4 heteroatoms. The van der Waals surface area contributed by atoms with Crippen LogP contribution in [0, 0.1) is 10.2 Å². The largest absolute Gasteiger partial charge is 0.303 e. The van der Waals surface area contributed by atoms with Crippen LogP contribution in [0.3, 0.4) is 0 Å². The maximum Gasteiger partial charge on any atom is 0.195 e. The highest BCUT2D eigenvalue weighted by atomic mass is 32.1. The molecule has 102 valence electrons. The molecule has 0 atom stereocenters. The van der Waals surface area contributed by atoms with Crippen molar-refractivity contribution < 1.29 is 0 Å². The van der Waals surface area contributed by atoms with E-state index in [2.05, 4.69) is 35.5 Å². The topological polar surface area (TPSA) is 33.6 Å². The first-order valence-electron chi connectivity index (χ1n) is 7.18. The van der Waals surface area contributed by atoms with Gasteiger partial charge in [0.25, 0.3) is 0 Å². The summed E-state index contributed by atoms with van der Waals surface area (Å²) in [5.41, 5.74) is 0.306. The Balaban J connectivity index is 2.03. The second-order valence-electron chi connectivity index (χ2n) is 6.37. The lowest BCUT2D eigenvalue weighted by Gasteiger charge is -2.25. The van der Waals surface area contributed by atoms with Crippen LogP contribution in [-0.4, -0.2) is 14.8 Å². The summed E-state index contributed by atoms with van der Waals surface area (Å²) in [4.78, 5) is 0. The fourth-order valence-corrected chi connectivity index (χ4v) is 2.70. The van der Waals surface area contributed by atoms with Crippen molar-refractivity contribution >= 4 is 12.2 Å². The van der Waals surface area contributed by atoms with Crippen molar-refractivity contribution in [1.82, 2.24) is 14.8 Å². The third kappa shape index (κ3) is 3.44. The molecule has 3 nitrogen and oxygen atoms in total. The third-order valence-corrected chi connectivity index (χ3v) is 4.09. The van der Waals surface area contributed by atoms with Crippen LogP contribution in [0.5, 0.6) is 0 Å². The van der Waals surface area contributed by atoms with E-state index in [1.54, 1.807) is 0 Å². The zero-order chi connectivity index (χ0) is 13.2. The number of hydrogen-bond acceptors (Lipinski definition) is 2. The number of H-pyrrole nitrogens is 1. The summed E-state index contributed by atoms with van der Waals surface area (Å²) in [6.45, 7) is 7.93. The van der Waals surface area contributed by atoms with Gasteiger partial charge in [-0.2, -0.15) is 5.10 Å². The van der Waals surface area contributed by atoms with Gasteiger partial charge in [-0.25, -0.2) is 0 Å². The smallest absolute Gasteiger partial charge is 0.195 e. The van der Waals surface area contributed by atoms with Gasteiger partial charge in [-0.15, -0.1) is 0 Å². The number of aromatic amines is 1. The molecule has 1 aliphatic rings. The van der Waals surface area contributed by atoms with E-state index in [-0.39, 0.29) is 0 Å². The Bertz CT molecular complexity index is 440. The van der Waals surface area contributed by atoms with Crippen LogP contribution >= 0.6 is 12.2 Å². The van der Waals surface area contributed by atoms with Gasteiger partial charge in [0.05, 0.1) is 0 Å². The van der Waals surface area contributed by atoms with Crippen LogP contribution in [0.1, 0.15) is 71.0 Å². The summed E-state index contributed by atoms with van der Waals surface area (Å²) >= 11 is 5.37. The minimum absolute atomic E-state index is 0.306. The van der Waals surface area contributed by atoms with Crippen LogP contribution in [0.4, 0.5) is 0 Å².